The number of piperazine rings is 1. The first-order valence-corrected chi connectivity index (χ1v) is 10.0. The van der Waals surface area contributed by atoms with E-state index in [0.717, 1.165) is 21.9 Å². The molecule has 0 spiro atoms. The van der Waals surface area contributed by atoms with Crippen LogP contribution in [0.2, 0.25) is 0 Å². The van der Waals surface area contributed by atoms with E-state index in [1.807, 2.05) is 35.4 Å². The Bertz CT molecular complexity index is 1320. The van der Waals surface area contributed by atoms with Crippen molar-refractivity contribution >= 4 is 28.3 Å². The summed E-state index contributed by atoms with van der Waals surface area (Å²) in [5, 5.41) is 11.6. The minimum Gasteiger partial charge on any atom is -0.354 e. The van der Waals surface area contributed by atoms with Gasteiger partial charge in [-0.3, -0.25) is 9.89 Å². The number of likely N-dealkylation sites (N-methyl/N-ethyl adjacent to an activating group) is 1. The number of anilines is 2. The number of benzene rings is 1. The number of hydrogen-bond acceptors (Lipinski definition) is 6. The van der Waals surface area contributed by atoms with Gasteiger partial charge in [0.05, 0.1) is 6.20 Å². The molecule has 1 aliphatic rings. The van der Waals surface area contributed by atoms with Gasteiger partial charge >= 0.3 is 0 Å². The number of pyridine rings is 2. The van der Waals surface area contributed by atoms with Crippen LogP contribution in [0.1, 0.15) is 14.5 Å². The smallest absolute Gasteiger partial charge is 0.257 e. The van der Waals surface area contributed by atoms with Crippen LogP contribution < -0.4 is 10.2 Å². The second-order valence-electron chi connectivity index (χ2n) is 7.45. The highest BCUT2D eigenvalue weighted by atomic mass is 16.1. The van der Waals surface area contributed by atoms with Gasteiger partial charge in [0.2, 0.25) is 0 Å². The molecular weight excluding hydrogens is 390 g/mol. The van der Waals surface area contributed by atoms with Gasteiger partial charge in [-0.05, 0) is 42.2 Å². The van der Waals surface area contributed by atoms with E-state index in [0.29, 0.717) is 43.4 Å². The second-order valence-corrected chi connectivity index (χ2v) is 7.45. The molecule has 4 heterocycles. The quantitative estimate of drug-likeness (QED) is 0.532. The Morgan fingerprint density at radius 1 is 1.03 bits per heavy atom. The van der Waals surface area contributed by atoms with E-state index in [2.05, 4.69) is 25.5 Å². The molecule has 1 saturated heterocycles. The van der Waals surface area contributed by atoms with E-state index in [1.165, 1.54) is 4.90 Å². The molecular formula is C23H23N7O. The molecule has 0 unspecified atom stereocenters. The topological polar surface area (TPSA) is 90.0 Å². The van der Waals surface area contributed by atoms with Crippen molar-refractivity contribution in [2.24, 2.45) is 0 Å². The van der Waals surface area contributed by atoms with Gasteiger partial charge in [0.1, 0.15) is 11.6 Å². The first-order chi connectivity index (χ1) is 16.4. The van der Waals surface area contributed by atoms with E-state index in [-0.39, 0.29) is 5.91 Å². The lowest BCUT2D eigenvalue weighted by atomic mass is 10.1. The van der Waals surface area contributed by atoms with Crippen LogP contribution in [0.3, 0.4) is 0 Å². The fraction of sp³-hybridized carbons (Fsp3) is 0.217. The lowest BCUT2D eigenvalue weighted by Gasteiger charge is -2.33. The Labute approximate surface area is 184 Å². The van der Waals surface area contributed by atoms with E-state index < -0.39 is 6.98 Å². The molecule has 4 aromatic rings. The molecule has 0 saturated carbocycles. The zero-order valence-corrected chi connectivity index (χ0v) is 16.7. The molecule has 0 bridgehead atoms. The third kappa shape index (κ3) is 4.10. The van der Waals surface area contributed by atoms with Crippen molar-refractivity contribution in [2.75, 3.05) is 43.4 Å². The number of rotatable bonds is 4. The summed E-state index contributed by atoms with van der Waals surface area (Å²) in [6.07, 6.45) is 6.90. The molecule has 1 fully saturated rings. The number of nitrogens with zero attached hydrogens (tertiary/aromatic N) is 5. The molecule has 2 N–H and O–H groups in total. The minimum atomic E-state index is -2.09. The Morgan fingerprint density at radius 2 is 1.94 bits per heavy atom. The average Bonchev–Trinajstić information content (AvgIpc) is 3.38. The molecule has 0 aliphatic carbocycles. The molecule has 0 radical (unpaired) electrons. The molecule has 1 aliphatic heterocycles. The summed E-state index contributed by atoms with van der Waals surface area (Å²) in [4.78, 5) is 25.1. The molecule has 31 heavy (non-hydrogen) atoms. The van der Waals surface area contributed by atoms with E-state index >= 15 is 0 Å². The normalized spacial score (nSPS) is 16.5. The highest BCUT2D eigenvalue weighted by Crippen LogP contribution is 2.25. The van der Waals surface area contributed by atoms with Gasteiger partial charge in [-0.2, -0.15) is 5.10 Å². The Balaban J connectivity index is 1.31. The summed E-state index contributed by atoms with van der Waals surface area (Å²) in [5.74, 6) is 0.809. The van der Waals surface area contributed by atoms with Crippen LogP contribution in [0.4, 0.5) is 11.6 Å². The van der Waals surface area contributed by atoms with Crippen molar-refractivity contribution in [3.8, 4) is 11.1 Å². The summed E-state index contributed by atoms with van der Waals surface area (Å²) in [5.41, 5.74) is 2.45. The second kappa shape index (κ2) is 8.16. The highest BCUT2D eigenvalue weighted by molar-refractivity contribution is 6.05. The van der Waals surface area contributed by atoms with E-state index in [9.17, 15) is 4.79 Å². The van der Waals surface area contributed by atoms with Crippen molar-refractivity contribution < 1.29 is 8.91 Å². The molecule has 8 heteroatoms. The maximum absolute atomic E-state index is 12.9. The predicted molar refractivity (Wildman–Crippen MR) is 121 cm³/mol. The van der Waals surface area contributed by atoms with Gasteiger partial charge in [-0.25, -0.2) is 9.97 Å². The number of nitrogens with one attached hydrogen (secondary N) is 2. The first kappa shape index (κ1) is 16.0. The van der Waals surface area contributed by atoms with Crippen LogP contribution in [0.15, 0.2) is 61.2 Å². The summed E-state index contributed by atoms with van der Waals surface area (Å²) in [6.45, 7) is -0.205. The zero-order valence-electron chi connectivity index (χ0n) is 19.7. The van der Waals surface area contributed by atoms with Crippen LogP contribution >= 0.6 is 0 Å². The highest BCUT2D eigenvalue weighted by Gasteiger charge is 2.17. The number of carbonyl (C=O) groups excluding carboxylic acids is 1. The SMILES string of the molecule is [2H]C([2H])([2H])N1CCN(c2cc(C(=O)Nc3cc4cc(-c5cn[nH]c5)ccc4cn3)ccn2)CC1. The van der Waals surface area contributed by atoms with Crippen LogP contribution in [-0.4, -0.2) is 64.1 Å². The summed E-state index contributed by atoms with van der Waals surface area (Å²) < 4.78 is 22.7. The fourth-order valence-corrected chi connectivity index (χ4v) is 3.65. The van der Waals surface area contributed by atoms with Crippen molar-refractivity contribution in [2.45, 2.75) is 0 Å². The van der Waals surface area contributed by atoms with Gasteiger partial charge in [0.25, 0.3) is 5.91 Å². The molecule has 156 valence electrons. The van der Waals surface area contributed by atoms with Crippen LogP contribution in [0.5, 0.6) is 0 Å². The van der Waals surface area contributed by atoms with Gasteiger partial charge in [-0.15, -0.1) is 0 Å². The maximum atomic E-state index is 12.9. The summed E-state index contributed by atoms with van der Waals surface area (Å²) in [7, 11) is 0. The van der Waals surface area contributed by atoms with Crippen molar-refractivity contribution in [1.82, 2.24) is 25.1 Å². The molecule has 1 aromatic carbocycles. The largest absolute Gasteiger partial charge is 0.354 e. The lowest BCUT2D eigenvalue weighted by Crippen LogP contribution is -2.44. The van der Waals surface area contributed by atoms with Gasteiger partial charge in [0, 0.05) is 65.4 Å². The first-order valence-electron chi connectivity index (χ1n) is 11.5. The molecule has 1 amide bonds. The predicted octanol–water partition coefficient (Wildman–Crippen LogP) is 3.02. The third-order valence-corrected chi connectivity index (χ3v) is 5.41. The standard InChI is InChI=1S/C23H23N7O/c1-29-6-8-30(9-7-29)22-12-17(4-5-24-22)23(31)28-21-11-19-10-16(20-14-26-27-15-20)2-3-18(19)13-25-21/h2-5,10-15H,6-9H2,1H3,(H,26,27)(H,25,28,31)/i1D3. The van der Waals surface area contributed by atoms with Gasteiger partial charge in [-0.1, -0.05) is 12.1 Å². The van der Waals surface area contributed by atoms with Crippen molar-refractivity contribution in [3.63, 3.8) is 0 Å². The third-order valence-electron chi connectivity index (χ3n) is 5.41. The number of aromatic amines is 1. The monoisotopic (exact) mass is 416 g/mol. The number of hydrogen-bond donors (Lipinski definition) is 2. The maximum Gasteiger partial charge on any atom is 0.257 e. The van der Waals surface area contributed by atoms with Gasteiger partial charge in [0.15, 0.2) is 0 Å². The molecule has 0 atom stereocenters. The van der Waals surface area contributed by atoms with Crippen LogP contribution in [0, 0.1) is 0 Å². The lowest BCUT2D eigenvalue weighted by molar-refractivity contribution is 0.102. The van der Waals surface area contributed by atoms with Gasteiger partial charge < -0.3 is 15.1 Å². The molecule has 3 aromatic heterocycles. The fourth-order valence-electron chi connectivity index (χ4n) is 3.65. The van der Waals surface area contributed by atoms with E-state index in [4.69, 9.17) is 4.11 Å². The number of aromatic nitrogens is 4. The molecule has 5 rings (SSSR count). The summed E-state index contributed by atoms with van der Waals surface area (Å²) >= 11 is 0. The van der Waals surface area contributed by atoms with E-state index in [1.54, 1.807) is 30.7 Å². The average molecular weight is 417 g/mol. The van der Waals surface area contributed by atoms with Crippen molar-refractivity contribution in [1.29, 1.82) is 0 Å². The number of amides is 1. The molecule has 8 nitrogen and oxygen atoms in total. The number of fused-ring (bicyclic) bond motifs is 1. The minimum absolute atomic E-state index is 0.289. The zero-order chi connectivity index (χ0) is 23.7. The Morgan fingerprint density at radius 3 is 2.74 bits per heavy atom. The summed E-state index contributed by atoms with van der Waals surface area (Å²) in [6, 6.07) is 11.2. The van der Waals surface area contributed by atoms with Crippen LogP contribution in [-0.2, 0) is 0 Å². The Kier molecular flexibility index (Phi) is 4.20. The number of H-pyrrole nitrogens is 1. The Hall–Kier alpha value is -3.78. The van der Waals surface area contributed by atoms with Crippen molar-refractivity contribution in [3.05, 3.63) is 66.7 Å². The number of carbonyl (C=O) groups is 1. The van der Waals surface area contributed by atoms with Crippen LogP contribution in [0.25, 0.3) is 21.9 Å².